The molecule has 0 radical (unpaired) electrons. The molecule has 0 unspecified atom stereocenters. The summed E-state index contributed by atoms with van der Waals surface area (Å²) in [6.07, 6.45) is 6.95. The monoisotopic (exact) mass is 537 g/mol. The molecule has 0 amide bonds. The van der Waals surface area contributed by atoms with Crippen LogP contribution in [0.3, 0.4) is 0 Å². The van der Waals surface area contributed by atoms with Gasteiger partial charge in [0.2, 0.25) is 16.0 Å². The summed E-state index contributed by atoms with van der Waals surface area (Å²) in [6, 6.07) is 6.45. The molecule has 0 spiro atoms. The number of nitrogens with zero attached hydrogens (tertiary/aromatic N) is 6. The lowest BCUT2D eigenvalue weighted by Crippen LogP contribution is -2.49. The van der Waals surface area contributed by atoms with E-state index in [-0.39, 0.29) is 16.3 Å². The summed E-state index contributed by atoms with van der Waals surface area (Å²) in [5.74, 6) is 1.31. The highest BCUT2D eigenvalue weighted by molar-refractivity contribution is 7.89. The van der Waals surface area contributed by atoms with Crippen LogP contribution in [0.5, 0.6) is 5.75 Å². The minimum atomic E-state index is -3.81. The van der Waals surface area contributed by atoms with Crippen molar-refractivity contribution in [1.82, 2.24) is 28.8 Å². The lowest BCUT2D eigenvalue weighted by Gasteiger charge is -2.34. The van der Waals surface area contributed by atoms with E-state index in [2.05, 4.69) is 21.9 Å². The van der Waals surface area contributed by atoms with E-state index in [1.807, 2.05) is 25.1 Å². The standard InChI is InChI=1S/C26H31N7O4S/c1-4-7-18-17-31(3)23-22(18)29-24(30-25(23)34)20-16-19(8-9-21(20)37-5-2)38(35,36)33-14-12-32(13-15-33)26-27-10-6-11-28-26/h6,8-11,16-17H,4-5,7,12-15H2,1-3H3,(H,29,30,34). The van der Waals surface area contributed by atoms with Crippen LogP contribution in [0.2, 0.25) is 0 Å². The molecule has 38 heavy (non-hydrogen) atoms. The van der Waals surface area contributed by atoms with Gasteiger partial charge >= 0.3 is 0 Å². The molecule has 0 aliphatic carbocycles. The van der Waals surface area contributed by atoms with Crippen molar-refractivity contribution in [1.29, 1.82) is 0 Å². The predicted molar refractivity (Wildman–Crippen MR) is 145 cm³/mol. The van der Waals surface area contributed by atoms with Gasteiger partial charge in [0, 0.05) is 51.8 Å². The van der Waals surface area contributed by atoms with E-state index in [0.29, 0.717) is 61.1 Å². The summed E-state index contributed by atoms with van der Waals surface area (Å²) in [7, 11) is -1.99. The zero-order chi connectivity index (χ0) is 26.9. The number of nitrogens with one attached hydrogen (secondary N) is 1. The van der Waals surface area contributed by atoms with Gasteiger partial charge in [-0.3, -0.25) is 4.79 Å². The van der Waals surface area contributed by atoms with E-state index >= 15 is 0 Å². The summed E-state index contributed by atoms with van der Waals surface area (Å²) in [6.45, 7) is 5.85. The zero-order valence-electron chi connectivity index (χ0n) is 21.7. The number of rotatable bonds is 8. The summed E-state index contributed by atoms with van der Waals surface area (Å²) < 4.78 is 36.3. The molecule has 200 valence electrons. The third-order valence-corrected chi connectivity index (χ3v) is 8.53. The number of ether oxygens (including phenoxy) is 1. The maximum Gasteiger partial charge on any atom is 0.275 e. The minimum Gasteiger partial charge on any atom is -0.493 e. The summed E-state index contributed by atoms with van der Waals surface area (Å²) in [4.78, 5) is 31.3. The lowest BCUT2D eigenvalue weighted by molar-refractivity contribution is 0.341. The average Bonchev–Trinajstić information content (AvgIpc) is 3.25. The molecular formula is C26H31N7O4S. The second kappa shape index (κ2) is 10.5. The molecule has 0 bridgehead atoms. The maximum absolute atomic E-state index is 13.6. The Labute approximate surface area is 221 Å². The van der Waals surface area contributed by atoms with Gasteiger partial charge in [0.15, 0.2) is 0 Å². The average molecular weight is 538 g/mol. The fraction of sp³-hybridized carbons (Fsp3) is 0.385. The Morgan fingerprint density at radius 2 is 1.82 bits per heavy atom. The van der Waals surface area contributed by atoms with Gasteiger partial charge in [0.1, 0.15) is 17.1 Å². The lowest BCUT2D eigenvalue weighted by atomic mass is 10.1. The van der Waals surface area contributed by atoms with E-state index in [0.717, 1.165) is 18.4 Å². The predicted octanol–water partition coefficient (Wildman–Crippen LogP) is 2.58. The smallest absolute Gasteiger partial charge is 0.275 e. The van der Waals surface area contributed by atoms with Gasteiger partial charge in [0.25, 0.3) is 5.56 Å². The Morgan fingerprint density at radius 1 is 1.08 bits per heavy atom. The van der Waals surface area contributed by atoms with Crippen molar-refractivity contribution in [2.45, 2.75) is 31.6 Å². The SMILES string of the molecule is CCCc1cn(C)c2c(=O)[nH]c(-c3cc(S(=O)(=O)N4CCN(c5ncccn5)CC4)ccc3OCC)nc12. The number of aryl methyl sites for hydroxylation is 2. The second-order valence-corrected chi connectivity index (χ2v) is 11.1. The number of fused-ring (bicyclic) bond motifs is 1. The van der Waals surface area contributed by atoms with Gasteiger partial charge in [-0.2, -0.15) is 4.31 Å². The first-order chi connectivity index (χ1) is 18.3. The van der Waals surface area contributed by atoms with Crippen LogP contribution in [0.4, 0.5) is 5.95 Å². The molecule has 5 rings (SSSR count). The highest BCUT2D eigenvalue weighted by Gasteiger charge is 2.30. The number of anilines is 1. The Morgan fingerprint density at radius 3 is 2.50 bits per heavy atom. The molecule has 1 saturated heterocycles. The third kappa shape index (κ3) is 4.76. The molecule has 4 heterocycles. The van der Waals surface area contributed by atoms with E-state index in [4.69, 9.17) is 9.72 Å². The van der Waals surface area contributed by atoms with E-state index in [1.165, 1.54) is 10.4 Å². The van der Waals surface area contributed by atoms with Crippen LogP contribution in [0.15, 0.2) is 52.5 Å². The molecule has 4 aromatic rings. The molecule has 0 atom stereocenters. The van der Waals surface area contributed by atoms with Crippen LogP contribution in [0, 0.1) is 0 Å². The number of piperazine rings is 1. The van der Waals surface area contributed by atoms with Gasteiger partial charge in [-0.05, 0) is 43.2 Å². The van der Waals surface area contributed by atoms with Crippen molar-refractivity contribution >= 4 is 27.0 Å². The van der Waals surface area contributed by atoms with Crippen LogP contribution < -0.4 is 15.2 Å². The van der Waals surface area contributed by atoms with Crippen LogP contribution >= 0.6 is 0 Å². The molecule has 0 saturated carbocycles. The normalized spacial score (nSPS) is 14.8. The highest BCUT2D eigenvalue weighted by atomic mass is 32.2. The zero-order valence-corrected chi connectivity index (χ0v) is 22.5. The number of aromatic nitrogens is 5. The molecule has 12 heteroatoms. The van der Waals surface area contributed by atoms with Crippen molar-refractivity contribution < 1.29 is 13.2 Å². The molecule has 3 aromatic heterocycles. The van der Waals surface area contributed by atoms with Crippen molar-refractivity contribution in [3.63, 3.8) is 0 Å². The van der Waals surface area contributed by atoms with E-state index < -0.39 is 10.0 Å². The Bertz CT molecular complexity index is 1610. The van der Waals surface area contributed by atoms with Crippen LogP contribution in [-0.2, 0) is 23.5 Å². The fourth-order valence-corrected chi connectivity index (χ4v) is 6.27. The Balaban J connectivity index is 1.51. The fourth-order valence-electron chi connectivity index (χ4n) is 4.83. The van der Waals surface area contributed by atoms with Crippen molar-refractivity contribution in [2.24, 2.45) is 7.05 Å². The number of aromatic amines is 1. The van der Waals surface area contributed by atoms with E-state index in [9.17, 15) is 13.2 Å². The van der Waals surface area contributed by atoms with Gasteiger partial charge < -0.3 is 19.2 Å². The number of benzene rings is 1. The molecule has 1 fully saturated rings. The minimum absolute atomic E-state index is 0.116. The number of hydrogen-bond donors (Lipinski definition) is 1. The largest absolute Gasteiger partial charge is 0.493 e. The second-order valence-electron chi connectivity index (χ2n) is 9.16. The van der Waals surface area contributed by atoms with Crippen LogP contribution in [-0.4, -0.2) is 70.0 Å². The van der Waals surface area contributed by atoms with Crippen LogP contribution in [0.1, 0.15) is 25.8 Å². The summed E-state index contributed by atoms with van der Waals surface area (Å²) in [5, 5.41) is 0. The molecule has 1 aliphatic heterocycles. The highest BCUT2D eigenvalue weighted by Crippen LogP contribution is 2.32. The summed E-state index contributed by atoms with van der Waals surface area (Å²) in [5.41, 5.74) is 2.21. The first-order valence-corrected chi connectivity index (χ1v) is 14.1. The molecule has 1 N–H and O–H groups in total. The first kappa shape index (κ1) is 25.9. The summed E-state index contributed by atoms with van der Waals surface area (Å²) >= 11 is 0. The number of H-pyrrole nitrogens is 1. The Kier molecular flexibility index (Phi) is 7.17. The quantitative estimate of drug-likeness (QED) is 0.364. The third-order valence-electron chi connectivity index (χ3n) is 6.64. The molecular weight excluding hydrogens is 506 g/mol. The Hall–Kier alpha value is -3.77. The molecule has 11 nitrogen and oxygen atoms in total. The first-order valence-electron chi connectivity index (χ1n) is 12.7. The number of hydrogen-bond acceptors (Lipinski definition) is 8. The topological polar surface area (TPSA) is 126 Å². The van der Waals surface area contributed by atoms with Gasteiger partial charge in [-0.25, -0.2) is 23.4 Å². The molecule has 1 aromatic carbocycles. The van der Waals surface area contributed by atoms with Gasteiger partial charge in [-0.15, -0.1) is 0 Å². The van der Waals surface area contributed by atoms with E-state index in [1.54, 1.807) is 35.2 Å². The molecule has 1 aliphatic rings. The van der Waals surface area contributed by atoms with Gasteiger partial charge in [-0.1, -0.05) is 13.3 Å². The van der Waals surface area contributed by atoms with Gasteiger partial charge in [0.05, 0.1) is 22.6 Å². The number of sulfonamides is 1. The maximum atomic E-state index is 13.6. The van der Waals surface area contributed by atoms with Crippen molar-refractivity contribution in [3.8, 4) is 17.1 Å². The van der Waals surface area contributed by atoms with Crippen molar-refractivity contribution in [2.75, 3.05) is 37.7 Å². The van der Waals surface area contributed by atoms with Crippen molar-refractivity contribution in [3.05, 3.63) is 58.8 Å². The van der Waals surface area contributed by atoms with Crippen LogP contribution in [0.25, 0.3) is 22.4 Å².